The fourth-order valence-electron chi connectivity index (χ4n) is 1.35. The minimum Gasteiger partial charge on any atom is -0.478 e. The summed E-state index contributed by atoms with van der Waals surface area (Å²) < 4.78 is 1.81. The lowest BCUT2D eigenvalue weighted by atomic mass is 10.2. The van der Waals surface area contributed by atoms with Crippen LogP contribution < -0.4 is 0 Å². The third kappa shape index (κ3) is 1.57. The van der Waals surface area contributed by atoms with E-state index >= 15 is 0 Å². The van der Waals surface area contributed by atoms with Crippen molar-refractivity contribution in [1.82, 2.24) is 4.57 Å². The summed E-state index contributed by atoms with van der Waals surface area (Å²) in [7, 11) is 0. The highest BCUT2D eigenvalue weighted by molar-refractivity contribution is 5.89. The van der Waals surface area contributed by atoms with Gasteiger partial charge in [0, 0.05) is 11.4 Å². The van der Waals surface area contributed by atoms with Crippen LogP contribution in [0.15, 0.2) is 6.07 Å². The summed E-state index contributed by atoms with van der Waals surface area (Å²) in [5, 5.41) is 8.81. The lowest BCUT2D eigenvalue weighted by molar-refractivity contribution is 0.0696. The zero-order valence-corrected chi connectivity index (χ0v) is 7.66. The maximum absolute atomic E-state index is 10.7. The summed E-state index contributed by atoms with van der Waals surface area (Å²) in [5.41, 5.74) is 1.92. The van der Waals surface area contributed by atoms with Gasteiger partial charge < -0.3 is 9.67 Å². The van der Waals surface area contributed by atoms with E-state index in [1.165, 1.54) is 0 Å². The molecule has 0 fully saturated rings. The molecule has 3 nitrogen and oxygen atoms in total. The summed E-state index contributed by atoms with van der Waals surface area (Å²) in [6, 6.07) is 1.63. The number of rotatable bonds is 2. The fourth-order valence-corrected chi connectivity index (χ4v) is 1.35. The van der Waals surface area contributed by atoms with Crippen LogP contribution in [0.4, 0.5) is 0 Å². The minimum absolute atomic E-state index is 0.327. The maximum Gasteiger partial charge on any atom is 0.337 e. The first-order chi connectivity index (χ1) is 6.07. The van der Waals surface area contributed by atoms with Gasteiger partial charge in [0.05, 0.1) is 12.1 Å². The molecule has 1 aromatic heterocycles. The largest absolute Gasteiger partial charge is 0.478 e. The van der Waals surface area contributed by atoms with Crippen LogP contribution in [0.5, 0.6) is 0 Å². The Kier molecular flexibility index (Phi) is 2.43. The van der Waals surface area contributed by atoms with Crippen molar-refractivity contribution in [2.24, 2.45) is 0 Å². The van der Waals surface area contributed by atoms with Crippen molar-refractivity contribution in [2.45, 2.75) is 20.4 Å². The third-order valence-corrected chi connectivity index (χ3v) is 2.05. The zero-order chi connectivity index (χ0) is 10.0. The smallest absolute Gasteiger partial charge is 0.337 e. The molecular formula is C10H11NO2. The minimum atomic E-state index is -0.906. The topological polar surface area (TPSA) is 42.2 Å². The van der Waals surface area contributed by atoms with E-state index in [1.807, 2.05) is 11.5 Å². The number of aryl methyl sites for hydroxylation is 1. The summed E-state index contributed by atoms with van der Waals surface area (Å²) in [5.74, 6) is 1.58. The lowest BCUT2D eigenvalue weighted by Crippen LogP contribution is -2.03. The number of terminal acetylenes is 1. The van der Waals surface area contributed by atoms with Gasteiger partial charge in [-0.3, -0.25) is 0 Å². The standard InChI is InChI=1S/C10H11NO2/c1-4-5-11-7(2)6-9(8(11)3)10(12)13/h1,6H,5H2,2-3H3,(H,12,13). The van der Waals surface area contributed by atoms with E-state index in [4.69, 9.17) is 11.5 Å². The van der Waals surface area contributed by atoms with E-state index in [0.717, 1.165) is 5.69 Å². The molecule has 0 bridgehead atoms. The molecule has 1 heterocycles. The molecular weight excluding hydrogens is 166 g/mol. The Labute approximate surface area is 77.0 Å². The molecule has 0 radical (unpaired) electrons. The van der Waals surface area contributed by atoms with Gasteiger partial charge in [-0.2, -0.15) is 0 Å². The Balaban J connectivity index is 3.24. The van der Waals surface area contributed by atoms with Crippen LogP contribution in [0.2, 0.25) is 0 Å². The van der Waals surface area contributed by atoms with Crippen molar-refractivity contribution in [3.63, 3.8) is 0 Å². The fraction of sp³-hybridized carbons (Fsp3) is 0.300. The van der Waals surface area contributed by atoms with Crippen molar-refractivity contribution in [2.75, 3.05) is 0 Å². The van der Waals surface area contributed by atoms with Crippen LogP contribution in [0, 0.1) is 26.2 Å². The summed E-state index contributed by atoms with van der Waals surface area (Å²) >= 11 is 0. The number of hydrogen-bond donors (Lipinski definition) is 1. The average molecular weight is 177 g/mol. The number of carboxylic acids is 1. The second-order valence-corrected chi connectivity index (χ2v) is 2.88. The van der Waals surface area contributed by atoms with Gasteiger partial charge in [0.2, 0.25) is 0 Å². The maximum atomic E-state index is 10.7. The van der Waals surface area contributed by atoms with Crippen molar-refractivity contribution in [3.8, 4) is 12.3 Å². The van der Waals surface area contributed by atoms with Crippen molar-refractivity contribution in [3.05, 3.63) is 23.0 Å². The molecule has 1 aromatic rings. The van der Waals surface area contributed by atoms with Crippen molar-refractivity contribution in [1.29, 1.82) is 0 Å². The molecule has 0 aliphatic rings. The molecule has 0 saturated heterocycles. The monoisotopic (exact) mass is 177 g/mol. The van der Waals surface area contributed by atoms with E-state index in [1.54, 1.807) is 13.0 Å². The Morgan fingerprint density at radius 2 is 2.31 bits per heavy atom. The van der Waals surface area contributed by atoms with Gasteiger partial charge in [0.15, 0.2) is 0 Å². The molecule has 1 rings (SSSR count). The first kappa shape index (κ1) is 9.40. The highest BCUT2D eigenvalue weighted by Crippen LogP contribution is 2.14. The normalized spacial score (nSPS) is 9.62. The molecule has 0 unspecified atom stereocenters. The number of aromatic nitrogens is 1. The predicted octanol–water partition coefficient (Wildman–Crippen LogP) is 1.44. The number of hydrogen-bond acceptors (Lipinski definition) is 1. The molecule has 68 valence electrons. The first-order valence-corrected chi connectivity index (χ1v) is 3.91. The second-order valence-electron chi connectivity index (χ2n) is 2.88. The Bertz CT molecular complexity index is 382. The Morgan fingerprint density at radius 1 is 1.69 bits per heavy atom. The van der Waals surface area contributed by atoms with E-state index in [9.17, 15) is 4.79 Å². The summed E-state index contributed by atoms with van der Waals surface area (Å²) in [6.45, 7) is 4.02. The molecule has 3 heteroatoms. The van der Waals surface area contributed by atoms with Crippen molar-refractivity contribution >= 4 is 5.97 Å². The zero-order valence-electron chi connectivity index (χ0n) is 7.66. The molecule has 0 aromatic carbocycles. The van der Waals surface area contributed by atoms with E-state index in [-0.39, 0.29) is 0 Å². The van der Waals surface area contributed by atoms with Gasteiger partial charge in [-0.25, -0.2) is 4.79 Å². The van der Waals surface area contributed by atoms with Crippen molar-refractivity contribution < 1.29 is 9.90 Å². The number of aromatic carboxylic acids is 1. The first-order valence-electron chi connectivity index (χ1n) is 3.91. The molecule has 0 aliphatic heterocycles. The van der Waals surface area contributed by atoms with E-state index < -0.39 is 5.97 Å². The van der Waals surface area contributed by atoms with Crippen LogP contribution in [-0.4, -0.2) is 15.6 Å². The van der Waals surface area contributed by atoms with Gasteiger partial charge >= 0.3 is 5.97 Å². The van der Waals surface area contributed by atoms with E-state index in [0.29, 0.717) is 17.8 Å². The predicted molar refractivity (Wildman–Crippen MR) is 49.7 cm³/mol. The quantitative estimate of drug-likeness (QED) is 0.694. The number of nitrogens with zero attached hydrogens (tertiary/aromatic N) is 1. The summed E-state index contributed by atoms with van der Waals surface area (Å²) in [6.07, 6.45) is 5.17. The van der Waals surface area contributed by atoms with Gasteiger partial charge in [-0.05, 0) is 19.9 Å². The SMILES string of the molecule is C#CCn1c(C)cc(C(=O)O)c1C. The van der Waals surface area contributed by atoms with Gasteiger partial charge in [-0.15, -0.1) is 6.42 Å². The third-order valence-electron chi connectivity index (χ3n) is 2.05. The highest BCUT2D eigenvalue weighted by Gasteiger charge is 2.13. The molecule has 0 saturated carbocycles. The van der Waals surface area contributed by atoms with E-state index in [2.05, 4.69) is 5.92 Å². The molecule has 0 atom stereocenters. The van der Waals surface area contributed by atoms with Gasteiger partial charge in [0.25, 0.3) is 0 Å². The second kappa shape index (κ2) is 3.36. The molecule has 1 N–H and O–H groups in total. The average Bonchev–Trinajstić information content (AvgIpc) is 2.32. The molecule has 13 heavy (non-hydrogen) atoms. The summed E-state index contributed by atoms with van der Waals surface area (Å²) in [4.78, 5) is 10.7. The van der Waals surface area contributed by atoms with Crippen LogP contribution in [-0.2, 0) is 6.54 Å². The lowest BCUT2D eigenvalue weighted by Gasteiger charge is -2.03. The number of carboxylic acid groups (broad SMARTS) is 1. The van der Waals surface area contributed by atoms with Gasteiger partial charge in [-0.1, -0.05) is 5.92 Å². The highest BCUT2D eigenvalue weighted by atomic mass is 16.4. The Hall–Kier alpha value is -1.69. The van der Waals surface area contributed by atoms with Crippen LogP contribution in [0.3, 0.4) is 0 Å². The van der Waals surface area contributed by atoms with Gasteiger partial charge in [0.1, 0.15) is 0 Å². The number of carbonyl (C=O) groups is 1. The van der Waals surface area contributed by atoms with Crippen LogP contribution >= 0.6 is 0 Å². The molecule has 0 amide bonds. The Morgan fingerprint density at radius 3 is 2.69 bits per heavy atom. The van der Waals surface area contributed by atoms with Crippen LogP contribution in [0.1, 0.15) is 21.7 Å². The van der Waals surface area contributed by atoms with Crippen LogP contribution in [0.25, 0.3) is 0 Å². The molecule has 0 aliphatic carbocycles. The molecule has 0 spiro atoms.